The average Bonchev–Trinajstić information content (AvgIpc) is 2.84. The van der Waals surface area contributed by atoms with Crippen molar-refractivity contribution in [1.82, 2.24) is 4.90 Å². The number of amides is 2. The molecule has 1 saturated heterocycles. The molecule has 1 fully saturated rings. The minimum Gasteiger partial charge on any atom is -0.444 e. The molecule has 8 nitrogen and oxygen atoms in total. The van der Waals surface area contributed by atoms with E-state index in [1.165, 1.54) is 4.31 Å². The lowest BCUT2D eigenvalue weighted by atomic mass is 10.00. The Balaban J connectivity index is 1.59. The van der Waals surface area contributed by atoms with Crippen molar-refractivity contribution in [2.45, 2.75) is 45.3 Å². The summed E-state index contributed by atoms with van der Waals surface area (Å²) in [4.78, 5) is 27.1. The quantitative estimate of drug-likeness (QED) is 0.447. The molecule has 36 heavy (non-hydrogen) atoms. The third-order valence-corrected chi connectivity index (χ3v) is 6.86. The summed E-state index contributed by atoms with van der Waals surface area (Å²) in [6, 6.07) is 19.7. The maximum Gasteiger partial charge on any atom is 0.410 e. The smallest absolute Gasteiger partial charge is 0.410 e. The fourth-order valence-corrected chi connectivity index (χ4v) is 5.20. The van der Waals surface area contributed by atoms with Gasteiger partial charge in [-0.15, -0.1) is 0 Å². The van der Waals surface area contributed by atoms with Crippen LogP contribution in [0.5, 0.6) is 0 Å². The highest BCUT2D eigenvalue weighted by Gasteiger charge is 2.32. The predicted octanol–water partition coefficient (Wildman–Crippen LogP) is 5.43. The number of hydrogen-bond acceptors (Lipinski definition) is 4. The molecule has 1 aliphatic rings. The Labute approximate surface area is 213 Å². The molecule has 0 bridgehead atoms. The Bertz CT molecular complexity index is 1270. The van der Waals surface area contributed by atoms with Gasteiger partial charge in [-0.2, -0.15) is 0 Å². The van der Waals surface area contributed by atoms with Crippen molar-refractivity contribution in [2.24, 2.45) is 0 Å². The van der Waals surface area contributed by atoms with Crippen LogP contribution in [-0.4, -0.2) is 50.4 Å². The average molecular weight is 510 g/mol. The summed E-state index contributed by atoms with van der Waals surface area (Å²) in [5.74, 6) is -0.258. The molecule has 190 valence electrons. The number of carbonyl (C=O) groups is 2. The second kappa shape index (κ2) is 10.7. The lowest BCUT2D eigenvalue weighted by molar-refractivity contribution is 0.0207. The zero-order valence-electron chi connectivity index (χ0n) is 20.6. The molecule has 4 rings (SSSR count). The maximum absolute atomic E-state index is 13.1. The minimum atomic E-state index is -2.30. The molecule has 2 N–H and O–H groups in total. The third-order valence-electron chi connectivity index (χ3n) is 6.03. The van der Waals surface area contributed by atoms with Crippen molar-refractivity contribution in [3.05, 3.63) is 72.3 Å². The van der Waals surface area contributed by atoms with Gasteiger partial charge in [-0.1, -0.05) is 42.5 Å². The molecule has 1 atom stereocenters. The lowest BCUT2D eigenvalue weighted by Crippen LogP contribution is -2.48. The first kappa shape index (κ1) is 25.7. The van der Waals surface area contributed by atoms with Crippen LogP contribution in [-0.2, 0) is 16.0 Å². The number of anilines is 2. The van der Waals surface area contributed by atoms with Crippen LogP contribution in [0.4, 0.5) is 16.2 Å². The van der Waals surface area contributed by atoms with Crippen LogP contribution in [0.25, 0.3) is 10.8 Å². The van der Waals surface area contributed by atoms with Gasteiger partial charge in [-0.05, 0) is 63.3 Å². The van der Waals surface area contributed by atoms with E-state index < -0.39 is 16.9 Å². The fourth-order valence-electron chi connectivity index (χ4n) is 4.41. The number of para-hydroxylation sites is 1. The van der Waals surface area contributed by atoms with Crippen molar-refractivity contribution in [1.29, 1.82) is 0 Å². The summed E-state index contributed by atoms with van der Waals surface area (Å²) < 4.78 is 29.8. The third kappa shape index (κ3) is 5.85. The number of piperidine rings is 1. The second-order valence-corrected chi connectivity index (χ2v) is 10.6. The minimum absolute atomic E-state index is 0.258. The molecule has 3 aromatic carbocycles. The van der Waals surface area contributed by atoms with Crippen LogP contribution >= 0.6 is 0 Å². The van der Waals surface area contributed by atoms with Gasteiger partial charge in [0.1, 0.15) is 5.60 Å². The van der Waals surface area contributed by atoms with E-state index in [-0.39, 0.29) is 18.0 Å². The molecule has 1 unspecified atom stereocenters. The van der Waals surface area contributed by atoms with E-state index in [1.807, 2.05) is 75.4 Å². The number of carbonyl (C=O) groups excluding carboxylic acids is 2. The predicted molar refractivity (Wildman–Crippen MR) is 142 cm³/mol. The van der Waals surface area contributed by atoms with Gasteiger partial charge < -0.3 is 15.0 Å². The van der Waals surface area contributed by atoms with Crippen molar-refractivity contribution >= 4 is 45.4 Å². The number of nitrogens with zero attached hydrogens (tertiary/aromatic N) is 2. The lowest BCUT2D eigenvalue weighted by Gasteiger charge is -2.38. The Kier molecular flexibility index (Phi) is 7.61. The summed E-state index contributed by atoms with van der Waals surface area (Å²) in [6.45, 7) is 6.31. The van der Waals surface area contributed by atoms with Crippen LogP contribution < -0.4 is 9.62 Å². The molecule has 1 heterocycles. The zero-order valence-corrected chi connectivity index (χ0v) is 21.5. The second-order valence-electron chi connectivity index (χ2n) is 9.75. The zero-order chi connectivity index (χ0) is 25.9. The molecule has 0 aromatic heterocycles. The molecule has 3 aromatic rings. The van der Waals surface area contributed by atoms with Crippen LogP contribution in [0, 0.1) is 0 Å². The summed E-state index contributed by atoms with van der Waals surface area (Å²) in [7, 11) is 0. The number of benzene rings is 3. The number of hydrogen-bond donors (Lipinski definition) is 2. The number of fused-ring (bicyclic) bond motifs is 1. The van der Waals surface area contributed by atoms with Gasteiger partial charge in [0.2, 0.25) is 0 Å². The molecule has 0 spiro atoms. The number of rotatable bonds is 5. The topological polar surface area (TPSA) is 99.2 Å². The summed E-state index contributed by atoms with van der Waals surface area (Å²) in [5.41, 5.74) is 1.14. The number of ether oxygens (including phenoxy) is 1. The molecule has 9 heteroatoms. The Morgan fingerprint density at radius 1 is 0.972 bits per heavy atom. The number of likely N-dealkylation sites (tertiary alicyclic amines) is 1. The highest BCUT2D eigenvalue weighted by Crippen LogP contribution is 2.34. The SMILES string of the molecule is CC(C)(C)OC(=O)N1CCC(N(c2ccc(C(=O)Nc3ccccc3)c3ccccc23)S(=O)O)CC1. The van der Waals surface area contributed by atoms with Crippen LogP contribution in [0.15, 0.2) is 66.7 Å². The molecular formula is C27H31N3O5S. The van der Waals surface area contributed by atoms with Crippen molar-refractivity contribution in [2.75, 3.05) is 22.7 Å². The largest absolute Gasteiger partial charge is 0.444 e. The van der Waals surface area contributed by atoms with Crippen molar-refractivity contribution in [3.8, 4) is 0 Å². The van der Waals surface area contributed by atoms with E-state index in [2.05, 4.69) is 5.32 Å². The van der Waals surface area contributed by atoms with Crippen LogP contribution in [0.1, 0.15) is 44.0 Å². The van der Waals surface area contributed by atoms with Gasteiger partial charge in [0.15, 0.2) is 0 Å². The first-order chi connectivity index (χ1) is 17.1. The summed E-state index contributed by atoms with van der Waals surface area (Å²) in [5, 5.41) is 4.29. The van der Waals surface area contributed by atoms with Gasteiger partial charge in [-0.25, -0.2) is 9.00 Å². The fraction of sp³-hybridized carbons (Fsp3) is 0.333. The molecule has 1 aliphatic heterocycles. The van der Waals surface area contributed by atoms with E-state index in [4.69, 9.17) is 4.74 Å². The van der Waals surface area contributed by atoms with Gasteiger partial charge in [-0.3, -0.25) is 13.7 Å². The monoisotopic (exact) mass is 509 g/mol. The van der Waals surface area contributed by atoms with E-state index in [0.29, 0.717) is 53.6 Å². The van der Waals surface area contributed by atoms with Gasteiger partial charge in [0.05, 0.1) is 5.69 Å². The van der Waals surface area contributed by atoms with Gasteiger partial charge in [0, 0.05) is 35.8 Å². The standard InChI is InChI=1S/C27H31N3O5S/c1-27(2,3)35-26(32)29-17-15-20(16-18-29)30(36(33)34)24-14-13-23(21-11-7-8-12-22(21)24)25(31)28-19-9-5-4-6-10-19/h4-14,20H,15-18H2,1-3H3,(H,28,31)(H,33,34). The highest BCUT2D eigenvalue weighted by atomic mass is 32.2. The van der Waals surface area contributed by atoms with Gasteiger partial charge in [0.25, 0.3) is 17.2 Å². The Morgan fingerprint density at radius 3 is 2.19 bits per heavy atom. The molecule has 0 saturated carbocycles. The van der Waals surface area contributed by atoms with Crippen LogP contribution in [0.3, 0.4) is 0 Å². The van der Waals surface area contributed by atoms with E-state index in [0.717, 1.165) is 0 Å². The van der Waals surface area contributed by atoms with E-state index in [9.17, 15) is 18.4 Å². The van der Waals surface area contributed by atoms with Crippen molar-refractivity contribution < 1.29 is 23.1 Å². The molecule has 0 radical (unpaired) electrons. The Morgan fingerprint density at radius 2 is 1.58 bits per heavy atom. The summed E-state index contributed by atoms with van der Waals surface area (Å²) in [6.07, 6.45) is 0.642. The first-order valence-electron chi connectivity index (χ1n) is 11.9. The number of nitrogens with one attached hydrogen (secondary N) is 1. The highest BCUT2D eigenvalue weighted by molar-refractivity contribution is 7.80. The maximum atomic E-state index is 13.1. The Hall–Kier alpha value is -3.43. The van der Waals surface area contributed by atoms with Crippen molar-refractivity contribution in [3.63, 3.8) is 0 Å². The van der Waals surface area contributed by atoms with E-state index in [1.54, 1.807) is 17.0 Å². The normalized spacial score (nSPS) is 15.4. The first-order valence-corrected chi connectivity index (χ1v) is 13.0. The van der Waals surface area contributed by atoms with Gasteiger partial charge >= 0.3 is 6.09 Å². The molecular weight excluding hydrogens is 478 g/mol. The molecule has 2 amide bonds. The van der Waals surface area contributed by atoms with Crippen LogP contribution in [0.2, 0.25) is 0 Å². The summed E-state index contributed by atoms with van der Waals surface area (Å²) >= 11 is -2.30. The molecule has 0 aliphatic carbocycles. The van der Waals surface area contributed by atoms with E-state index >= 15 is 0 Å².